The number of hydrogen-bond acceptors (Lipinski definition) is 2. The highest BCUT2D eigenvalue weighted by Gasteiger charge is 2.32. The summed E-state index contributed by atoms with van der Waals surface area (Å²) in [5, 5.41) is 2.60. The minimum absolute atomic E-state index is 0.0485. The van der Waals surface area contributed by atoms with Crippen molar-refractivity contribution in [3.8, 4) is 0 Å². The first-order valence-electron chi connectivity index (χ1n) is 6.02. The number of hydrogen-bond donors (Lipinski definition) is 1. The van der Waals surface area contributed by atoms with Crippen LogP contribution in [0.15, 0.2) is 18.2 Å². The normalized spacial score (nSPS) is 18.5. The van der Waals surface area contributed by atoms with Crippen LogP contribution >= 0.6 is 11.6 Å². The van der Waals surface area contributed by atoms with E-state index in [1.54, 1.807) is 4.90 Å². The standard InChI is InChI=1S/C13H14ClFN2O2/c1-8(18)17-6-2-3-12(17)13(19)16-9-4-5-11(15)10(14)7-9/h4-5,7,12H,2-3,6H2,1H3,(H,16,19). The van der Waals surface area contributed by atoms with Gasteiger partial charge in [-0.15, -0.1) is 0 Å². The van der Waals surface area contributed by atoms with Crippen molar-refractivity contribution in [3.05, 3.63) is 29.0 Å². The van der Waals surface area contributed by atoms with Gasteiger partial charge in [-0.1, -0.05) is 11.6 Å². The minimum Gasteiger partial charge on any atom is -0.331 e. The highest BCUT2D eigenvalue weighted by molar-refractivity contribution is 6.31. The Hall–Kier alpha value is -1.62. The fourth-order valence-corrected chi connectivity index (χ4v) is 2.40. The lowest BCUT2D eigenvalue weighted by molar-refractivity contribution is -0.134. The van der Waals surface area contributed by atoms with E-state index in [0.29, 0.717) is 18.7 Å². The van der Waals surface area contributed by atoms with Crippen LogP contribution in [0.3, 0.4) is 0 Å². The molecule has 1 fully saturated rings. The van der Waals surface area contributed by atoms with E-state index in [2.05, 4.69) is 5.32 Å². The molecule has 2 rings (SSSR count). The average Bonchev–Trinajstić information content (AvgIpc) is 2.83. The molecule has 1 aromatic rings. The van der Waals surface area contributed by atoms with Gasteiger partial charge >= 0.3 is 0 Å². The maximum absolute atomic E-state index is 13.0. The number of amides is 2. The van der Waals surface area contributed by atoms with Crippen LogP contribution in [-0.2, 0) is 9.59 Å². The molecule has 4 nitrogen and oxygen atoms in total. The van der Waals surface area contributed by atoms with Crippen LogP contribution in [-0.4, -0.2) is 29.3 Å². The van der Waals surface area contributed by atoms with E-state index in [-0.39, 0.29) is 16.8 Å². The van der Waals surface area contributed by atoms with Crippen molar-refractivity contribution in [2.24, 2.45) is 0 Å². The van der Waals surface area contributed by atoms with E-state index in [0.717, 1.165) is 6.42 Å². The molecule has 1 atom stereocenters. The topological polar surface area (TPSA) is 49.4 Å². The monoisotopic (exact) mass is 284 g/mol. The Morgan fingerprint density at radius 2 is 2.21 bits per heavy atom. The molecule has 0 aromatic heterocycles. The van der Waals surface area contributed by atoms with Gasteiger partial charge in [0, 0.05) is 19.2 Å². The van der Waals surface area contributed by atoms with Gasteiger partial charge in [0.15, 0.2) is 0 Å². The van der Waals surface area contributed by atoms with E-state index in [4.69, 9.17) is 11.6 Å². The molecule has 102 valence electrons. The molecule has 6 heteroatoms. The molecule has 0 bridgehead atoms. The Bertz CT molecular complexity index is 521. The van der Waals surface area contributed by atoms with Crippen LogP contribution in [0, 0.1) is 5.82 Å². The number of halogens is 2. The van der Waals surface area contributed by atoms with Crippen molar-refractivity contribution in [3.63, 3.8) is 0 Å². The summed E-state index contributed by atoms with van der Waals surface area (Å²) < 4.78 is 13.0. The fourth-order valence-electron chi connectivity index (χ4n) is 2.22. The predicted molar refractivity (Wildman–Crippen MR) is 70.4 cm³/mol. The quantitative estimate of drug-likeness (QED) is 0.907. The zero-order valence-electron chi connectivity index (χ0n) is 10.5. The zero-order valence-corrected chi connectivity index (χ0v) is 11.2. The van der Waals surface area contributed by atoms with Crippen LogP contribution in [0.1, 0.15) is 19.8 Å². The molecule has 0 spiro atoms. The molecule has 0 saturated carbocycles. The number of carbonyl (C=O) groups excluding carboxylic acids is 2. The Morgan fingerprint density at radius 3 is 2.84 bits per heavy atom. The van der Waals surface area contributed by atoms with Gasteiger partial charge in [-0.3, -0.25) is 9.59 Å². The highest BCUT2D eigenvalue weighted by Crippen LogP contribution is 2.22. The fraction of sp³-hybridized carbons (Fsp3) is 0.385. The Morgan fingerprint density at radius 1 is 1.47 bits per heavy atom. The first-order valence-corrected chi connectivity index (χ1v) is 6.40. The lowest BCUT2D eigenvalue weighted by atomic mass is 10.2. The number of anilines is 1. The van der Waals surface area contributed by atoms with E-state index in [1.807, 2.05) is 0 Å². The first kappa shape index (κ1) is 13.8. The second kappa shape index (κ2) is 5.57. The van der Waals surface area contributed by atoms with Gasteiger partial charge in [-0.05, 0) is 31.0 Å². The molecule has 1 saturated heterocycles. The number of nitrogens with zero attached hydrogens (tertiary/aromatic N) is 1. The lowest BCUT2D eigenvalue weighted by Gasteiger charge is -2.22. The van der Waals surface area contributed by atoms with Crippen LogP contribution in [0.4, 0.5) is 10.1 Å². The summed E-state index contributed by atoms with van der Waals surface area (Å²) in [5.41, 5.74) is 0.423. The van der Waals surface area contributed by atoms with E-state index >= 15 is 0 Å². The van der Waals surface area contributed by atoms with Gasteiger partial charge in [-0.2, -0.15) is 0 Å². The van der Waals surface area contributed by atoms with Crippen LogP contribution in [0.5, 0.6) is 0 Å². The summed E-state index contributed by atoms with van der Waals surface area (Å²) in [6, 6.07) is 3.52. The largest absolute Gasteiger partial charge is 0.331 e. The number of carbonyl (C=O) groups is 2. The van der Waals surface area contributed by atoms with Crippen molar-refractivity contribution >= 4 is 29.1 Å². The third-order valence-corrected chi connectivity index (χ3v) is 3.44. The number of likely N-dealkylation sites (tertiary alicyclic amines) is 1. The van der Waals surface area contributed by atoms with Gasteiger partial charge in [0.1, 0.15) is 11.9 Å². The number of benzene rings is 1. The van der Waals surface area contributed by atoms with Gasteiger partial charge in [0.2, 0.25) is 11.8 Å². The Kier molecular flexibility index (Phi) is 4.04. The first-order chi connectivity index (χ1) is 8.99. The molecule has 1 aromatic carbocycles. The average molecular weight is 285 g/mol. The molecule has 1 aliphatic rings. The summed E-state index contributed by atoms with van der Waals surface area (Å²) in [4.78, 5) is 25.0. The van der Waals surface area contributed by atoms with Gasteiger partial charge in [-0.25, -0.2) is 4.39 Å². The predicted octanol–water partition coefficient (Wildman–Crippen LogP) is 2.43. The molecule has 0 radical (unpaired) electrons. The lowest BCUT2D eigenvalue weighted by Crippen LogP contribution is -2.42. The Labute approximate surface area is 115 Å². The molecular formula is C13H14ClFN2O2. The van der Waals surface area contributed by atoms with Crippen LogP contribution in [0.2, 0.25) is 5.02 Å². The molecule has 2 amide bonds. The van der Waals surface area contributed by atoms with Crippen molar-refractivity contribution in [1.29, 1.82) is 0 Å². The van der Waals surface area contributed by atoms with E-state index < -0.39 is 11.9 Å². The molecule has 1 heterocycles. The third-order valence-electron chi connectivity index (χ3n) is 3.15. The van der Waals surface area contributed by atoms with Crippen molar-refractivity contribution < 1.29 is 14.0 Å². The minimum atomic E-state index is -0.536. The molecule has 1 unspecified atom stereocenters. The summed E-state index contributed by atoms with van der Waals surface area (Å²) in [6.07, 6.45) is 1.45. The summed E-state index contributed by atoms with van der Waals surface area (Å²) in [5.74, 6) is -0.920. The third kappa shape index (κ3) is 3.04. The van der Waals surface area contributed by atoms with E-state index in [9.17, 15) is 14.0 Å². The van der Waals surface area contributed by atoms with Gasteiger partial charge in [0.25, 0.3) is 0 Å². The molecule has 1 aliphatic heterocycles. The van der Waals surface area contributed by atoms with E-state index in [1.165, 1.54) is 25.1 Å². The van der Waals surface area contributed by atoms with Gasteiger partial charge < -0.3 is 10.2 Å². The van der Waals surface area contributed by atoms with Crippen LogP contribution < -0.4 is 5.32 Å². The van der Waals surface area contributed by atoms with Gasteiger partial charge in [0.05, 0.1) is 5.02 Å². The summed E-state index contributed by atoms with van der Waals surface area (Å²) in [6.45, 7) is 2.04. The number of nitrogens with one attached hydrogen (secondary N) is 1. The summed E-state index contributed by atoms with van der Waals surface area (Å²) in [7, 11) is 0. The number of rotatable bonds is 2. The SMILES string of the molecule is CC(=O)N1CCCC1C(=O)Nc1ccc(F)c(Cl)c1. The second-order valence-corrected chi connectivity index (χ2v) is 4.90. The maximum Gasteiger partial charge on any atom is 0.247 e. The smallest absolute Gasteiger partial charge is 0.247 e. The van der Waals surface area contributed by atoms with Crippen molar-refractivity contribution in [2.75, 3.05) is 11.9 Å². The summed E-state index contributed by atoms with van der Waals surface area (Å²) >= 11 is 5.65. The molecule has 0 aliphatic carbocycles. The van der Waals surface area contributed by atoms with Crippen molar-refractivity contribution in [1.82, 2.24) is 4.90 Å². The molecular weight excluding hydrogens is 271 g/mol. The molecule has 1 N–H and O–H groups in total. The second-order valence-electron chi connectivity index (χ2n) is 4.49. The van der Waals surface area contributed by atoms with Crippen molar-refractivity contribution in [2.45, 2.75) is 25.8 Å². The molecule has 19 heavy (non-hydrogen) atoms. The Balaban J connectivity index is 2.08. The zero-order chi connectivity index (χ0) is 14.0. The maximum atomic E-state index is 13.0. The van der Waals surface area contributed by atoms with Crippen LogP contribution in [0.25, 0.3) is 0 Å². The highest BCUT2D eigenvalue weighted by atomic mass is 35.5.